The van der Waals surface area contributed by atoms with Gasteiger partial charge in [0.25, 0.3) is 0 Å². The Hall–Kier alpha value is -3.85. The highest BCUT2D eigenvalue weighted by Gasteiger charge is 2.31. The lowest BCUT2D eigenvalue weighted by atomic mass is 10.2. The van der Waals surface area contributed by atoms with Gasteiger partial charge in [-0.25, -0.2) is 9.36 Å². The molecule has 1 atom stereocenters. The first-order valence-corrected chi connectivity index (χ1v) is 11.1. The van der Waals surface area contributed by atoms with Crippen LogP contribution < -0.4 is 5.32 Å². The number of carbonyl (C=O) groups excluding carboxylic acids is 1. The molecule has 9 heteroatoms. The molecule has 1 aliphatic heterocycles. The first-order chi connectivity index (χ1) is 16.2. The summed E-state index contributed by atoms with van der Waals surface area (Å²) in [5.41, 5.74) is 3.96. The van der Waals surface area contributed by atoms with Crippen molar-refractivity contribution in [2.45, 2.75) is 45.2 Å². The van der Waals surface area contributed by atoms with Gasteiger partial charge in [-0.1, -0.05) is 71.1 Å². The van der Waals surface area contributed by atoms with Gasteiger partial charge in [0.1, 0.15) is 5.69 Å². The van der Waals surface area contributed by atoms with Gasteiger partial charge in [-0.05, 0) is 17.5 Å². The highest BCUT2D eigenvalue weighted by molar-refractivity contribution is 5.78. The number of hydrogen-bond acceptors (Lipinski definition) is 6. The number of likely N-dealkylation sites (tertiary alicyclic amines) is 1. The largest absolute Gasteiger partial charge is 0.321 e. The van der Waals surface area contributed by atoms with Crippen LogP contribution >= 0.6 is 0 Å². The lowest BCUT2D eigenvalue weighted by Gasteiger charge is -2.24. The van der Waals surface area contributed by atoms with Crippen LogP contribution in [0.25, 0.3) is 0 Å². The SMILES string of the molecule is O=C1CCC(NCc2cn(Cc3ccccc3)nn2)N1Cc1cn(Cc2ccccc2)nn1. The van der Waals surface area contributed by atoms with Crippen LogP contribution in [0.4, 0.5) is 0 Å². The summed E-state index contributed by atoms with van der Waals surface area (Å²) in [7, 11) is 0. The van der Waals surface area contributed by atoms with Crippen molar-refractivity contribution in [3.8, 4) is 0 Å². The zero-order valence-corrected chi connectivity index (χ0v) is 18.3. The molecule has 4 aromatic rings. The van der Waals surface area contributed by atoms with Crippen LogP contribution in [-0.2, 0) is 31.0 Å². The van der Waals surface area contributed by atoms with Crippen molar-refractivity contribution >= 4 is 5.91 Å². The third-order valence-corrected chi connectivity index (χ3v) is 5.73. The molecule has 0 aliphatic carbocycles. The summed E-state index contributed by atoms with van der Waals surface area (Å²) in [6.07, 6.45) is 5.07. The number of aromatic nitrogens is 6. The molecule has 1 saturated heterocycles. The summed E-state index contributed by atoms with van der Waals surface area (Å²) >= 11 is 0. The molecule has 168 valence electrons. The number of nitrogens with one attached hydrogen (secondary N) is 1. The summed E-state index contributed by atoms with van der Waals surface area (Å²) in [4.78, 5) is 14.3. The minimum Gasteiger partial charge on any atom is -0.321 e. The molecule has 1 amide bonds. The standard InChI is InChI=1S/C24H26N8O/c33-24-12-11-23(25-13-21-16-30(28-26-21)14-19-7-3-1-4-8-19)32(24)18-22-17-31(29-27-22)15-20-9-5-2-6-10-20/h1-10,16-17,23,25H,11-15,18H2. The Bertz CT molecular complexity index is 1190. The van der Waals surface area contributed by atoms with E-state index in [9.17, 15) is 4.79 Å². The monoisotopic (exact) mass is 442 g/mol. The molecule has 3 heterocycles. The maximum atomic E-state index is 12.5. The number of amides is 1. The van der Waals surface area contributed by atoms with Gasteiger partial charge in [-0.2, -0.15) is 0 Å². The molecule has 1 unspecified atom stereocenters. The van der Waals surface area contributed by atoms with E-state index in [1.807, 2.05) is 58.4 Å². The molecular weight excluding hydrogens is 416 g/mol. The van der Waals surface area contributed by atoms with Gasteiger partial charge in [0, 0.05) is 13.0 Å². The van der Waals surface area contributed by atoms with Crippen molar-refractivity contribution in [1.82, 2.24) is 40.2 Å². The third kappa shape index (κ3) is 5.32. The van der Waals surface area contributed by atoms with Gasteiger partial charge >= 0.3 is 0 Å². The summed E-state index contributed by atoms with van der Waals surface area (Å²) in [6.45, 7) is 2.32. The minimum atomic E-state index is -0.0592. The van der Waals surface area contributed by atoms with Gasteiger partial charge in [-0.15, -0.1) is 10.2 Å². The van der Waals surface area contributed by atoms with Crippen LogP contribution in [-0.4, -0.2) is 47.0 Å². The van der Waals surface area contributed by atoms with E-state index in [0.717, 1.165) is 23.4 Å². The van der Waals surface area contributed by atoms with E-state index in [2.05, 4.69) is 50.2 Å². The number of rotatable bonds is 9. The summed E-state index contributed by atoms with van der Waals surface area (Å²) in [6, 6.07) is 20.3. The number of carbonyl (C=O) groups is 1. The maximum absolute atomic E-state index is 12.5. The topological polar surface area (TPSA) is 93.8 Å². The van der Waals surface area contributed by atoms with Crippen molar-refractivity contribution in [1.29, 1.82) is 0 Å². The smallest absolute Gasteiger partial charge is 0.224 e. The molecule has 1 N–H and O–H groups in total. The van der Waals surface area contributed by atoms with Crippen molar-refractivity contribution in [2.75, 3.05) is 0 Å². The molecule has 9 nitrogen and oxygen atoms in total. The average molecular weight is 443 g/mol. The Balaban J connectivity index is 1.16. The number of nitrogens with zero attached hydrogens (tertiary/aromatic N) is 7. The predicted molar refractivity (Wildman–Crippen MR) is 122 cm³/mol. The maximum Gasteiger partial charge on any atom is 0.224 e. The Labute approximate surface area is 192 Å². The highest BCUT2D eigenvalue weighted by atomic mass is 16.2. The first-order valence-electron chi connectivity index (χ1n) is 11.1. The van der Waals surface area contributed by atoms with Crippen molar-refractivity contribution in [2.24, 2.45) is 0 Å². The van der Waals surface area contributed by atoms with E-state index in [0.29, 0.717) is 32.6 Å². The lowest BCUT2D eigenvalue weighted by molar-refractivity contribution is -0.130. The van der Waals surface area contributed by atoms with Crippen molar-refractivity contribution in [3.05, 3.63) is 95.6 Å². The minimum absolute atomic E-state index is 0.0592. The Morgan fingerprint density at radius 3 is 2.00 bits per heavy atom. The average Bonchev–Trinajstić information content (AvgIpc) is 3.56. The molecule has 0 saturated carbocycles. The third-order valence-electron chi connectivity index (χ3n) is 5.73. The summed E-state index contributed by atoms with van der Waals surface area (Å²) in [5, 5.41) is 20.4. The Morgan fingerprint density at radius 2 is 1.36 bits per heavy atom. The van der Waals surface area contributed by atoms with E-state index in [1.165, 1.54) is 5.56 Å². The second-order valence-electron chi connectivity index (χ2n) is 8.24. The van der Waals surface area contributed by atoms with Crippen molar-refractivity contribution < 1.29 is 4.79 Å². The van der Waals surface area contributed by atoms with Crippen LogP contribution in [0.15, 0.2) is 73.1 Å². The first kappa shape index (κ1) is 21.0. The van der Waals surface area contributed by atoms with Gasteiger partial charge in [0.2, 0.25) is 5.91 Å². The highest BCUT2D eigenvalue weighted by Crippen LogP contribution is 2.19. The zero-order valence-electron chi connectivity index (χ0n) is 18.3. The fourth-order valence-corrected chi connectivity index (χ4v) is 4.07. The molecule has 1 aliphatic rings. The molecule has 0 radical (unpaired) electrons. The van der Waals surface area contributed by atoms with E-state index >= 15 is 0 Å². The predicted octanol–water partition coefficient (Wildman–Crippen LogP) is 2.20. The molecule has 1 fully saturated rings. The van der Waals surface area contributed by atoms with Gasteiger partial charge in [-0.3, -0.25) is 10.1 Å². The number of hydrogen-bond donors (Lipinski definition) is 1. The zero-order chi connectivity index (χ0) is 22.5. The fourth-order valence-electron chi connectivity index (χ4n) is 4.07. The molecule has 0 bridgehead atoms. The lowest BCUT2D eigenvalue weighted by Crippen LogP contribution is -2.42. The van der Waals surface area contributed by atoms with Crippen LogP contribution in [0, 0.1) is 0 Å². The summed E-state index contributed by atoms with van der Waals surface area (Å²) < 4.78 is 3.63. The second kappa shape index (κ2) is 9.74. The second-order valence-corrected chi connectivity index (χ2v) is 8.24. The Kier molecular flexibility index (Phi) is 6.21. The van der Waals surface area contributed by atoms with E-state index in [4.69, 9.17) is 0 Å². The van der Waals surface area contributed by atoms with E-state index < -0.39 is 0 Å². The Morgan fingerprint density at radius 1 is 0.788 bits per heavy atom. The summed E-state index contributed by atoms with van der Waals surface area (Å²) in [5.74, 6) is 0.123. The molecule has 2 aromatic carbocycles. The van der Waals surface area contributed by atoms with Crippen LogP contribution in [0.3, 0.4) is 0 Å². The molecule has 0 spiro atoms. The van der Waals surface area contributed by atoms with Gasteiger partial charge < -0.3 is 4.90 Å². The van der Waals surface area contributed by atoms with Crippen molar-refractivity contribution in [3.63, 3.8) is 0 Å². The normalized spacial score (nSPS) is 15.9. The quantitative estimate of drug-likeness (QED) is 0.427. The van der Waals surface area contributed by atoms with Gasteiger partial charge in [0.15, 0.2) is 0 Å². The molecule has 2 aromatic heterocycles. The van der Waals surface area contributed by atoms with Crippen LogP contribution in [0.1, 0.15) is 35.4 Å². The molecule has 33 heavy (non-hydrogen) atoms. The fraction of sp³-hybridized carbons (Fsp3) is 0.292. The van der Waals surface area contributed by atoms with Crippen LogP contribution in [0.2, 0.25) is 0 Å². The molecule has 5 rings (SSSR count). The number of benzene rings is 2. The van der Waals surface area contributed by atoms with E-state index in [1.54, 1.807) is 4.68 Å². The van der Waals surface area contributed by atoms with E-state index in [-0.39, 0.29) is 12.1 Å². The van der Waals surface area contributed by atoms with Crippen LogP contribution in [0.5, 0.6) is 0 Å². The molecular formula is C24H26N8O. The van der Waals surface area contributed by atoms with Gasteiger partial charge in [0.05, 0.1) is 43.9 Å².